The molecule has 2 aromatic rings. The maximum Gasteiger partial charge on any atom is 0.239 e. The first kappa shape index (κ1) is 12.1. The molecule has 1 aromatic carbocycles. The minimum Gasteiger partial charge on any atom is -0.373 e. The molecule has 2 heterocycles. The SMILES string of the molecule is COC1CCC(c2ccccc2F)n2nc(N)nc21. The topological polar surface area (TPSA) is 66.0 Å². The Labute approximate surface area is 110 Å². The van der Waals surface area contributed by atoms with E-state index in [1.807, 2.05) is 6.07 Å². The third-order valence-electron chi connectivity index (χ3n) is 3.51. The van der Waals surface area contributed by atoms with Gasteiger partial charge in [0.15, 0.2) is 5.82 Å². The Morgan fingerprint density at radius 1 is 1.37 bits per heavy atom. The first-order valence-electron chi connectivity index (χ1n) is 6.20. The van der Waals surface area contributed by atoms with E-state index >= 15 is 0 Å². The standard InChI is InChI=1S/C13H15FN4O/c1-19-11-7-6-10(8-4-2-3-5-9(8)14)18-12(11)16-13(15)17-18/h2-5,10-11H,6-7H2,1H3,(H2,15,17). The van der Waals surface area contributed by atoms with Crippen molar-refractivity contribution in [2.24, 2.45) is 0 Å². The predicted molar refractivity (Wildman–Crippen MR) is 68.0 cm³/mol. The van der Waals surface area contributed by atoms with Gasteiger partial charge >= 0.3 is 0 Å². The van der Waals surface area contributed by atoms with E-state index in [2.05, 4.69) is 10.1 Å². The quantitative estimate of drug-likeness (QED) is 0.899. The molecule has 0 saturated carbocycles. The summed E-state index contributed by atoms with van der Waals surface area (Å²) in [6, 6.07) is 6.55. The lowest BCUT2D eigenvalue weighted by atomic mass is 9.96. The van der Waals surface area contributed by atoms with Gasteiger partial charge in [-0.1, -0.05) is 18.2 Å². The number of fused-ring (bicyclic) bond motifs is 1. The Balaban J connectivity index is 2.08. The fraction of sp³-hybridized carbons (Fsp3) is 0.385. The van der Waals surface area contributed by atoms with Crippen LogP contribution in [0.25, 0.3) is 0 Å². The average molecular weight is 262 g/mol. The van der Waals surface area contributed by atoms with Crippen LogP contribution in [0.2, 0.25) is 0 Å². The Morgan fingerprint density at radius 2 is 2.16 bits per heavy atom. The minimum atomic E-state index is -0.233. The Kier molecular flexibility index (Phi) is 2.94. The van der Waals surface area contributed by atoms with Gasteiger partial charge < -0.3 is 10.5 Å². The largest absolute Gasteiger partial charge is 0.373 e. The van der Waals surface area contributed by atoms with E-state index in [9.17, 15) is 4.39 Å². The van der Waals surface area contributed by atoms with Gasteiger partial charge in [-0.25, -0.2) is 9.07 Å². The first-order chi connectivity index (χ1) is 9.20. The van der Waals surface area contributed by atoms with E-state index in [-0.39, 0.29) is 23.9 Å². The number of rotatable bonds is 2. The molecular weight excluding hydrogens is 247 g/mol. The second-order valence-electron chi connectivity index (χ2n) is 4.61. The number of hydrogen-bond acceptors (Lipinski definition) is 4. The van der Waals surface area contributed by atoms with Crippen LogP contribution in [-0.2, 0) is 4.74 Å². The van der Waals surface area contributed by atoms with E-state index in [1.54, 1.807) is 23.9 Å². The molecule has 100 valence electrons. The van der Waals surface area contributed by atoms with Gasteiger partial charge in [-0.15, -0.1) is 5.10 Å². The van der Waals surface area contributed by atoms with Gasteiger partial charge in [-0.05, 0) is 18.9 Å². The molecule has 1 aromatic heterocycles. The zero-order valence-corrected chi connectivity index (χ0v) is 10.6. The third kappa shape index (κ3) is 1.98. The van der Waals surface area contributed by atoms with Gasteiger partial charge in [0.2, 0.25) is 5.95 Å². The summed E-state index contributed by atoms with van der Waals surface area (Å²) in [6.45, 7) is 0. The maximum atomic E-state index is 13.9. The molecule has 2 atom stereocenters. The van der Waals surface area contributed by atoms with Crippen molar-refractivity contribution < 1.29 is 9.13 Å². The minimum absolute atomic E-state index is 0.132. The number of ether oxygens (including phenoxy) is 1. The summed E-state index contributed by atoms with van der Waals surface area (Å²) in [6.07, 6.45) is 1.39. The molecule has 0 radical (unpaired) electrons. The molecule has 19 heavy (non-hydrogen) atoms. The Morgan fingerprint density at radius 3 is 2.89 bits per heavy atom. The number of methoxy groups -OCH3 is 1. The molecule has 0 bridgehead atoms. The van der Waals surface area contributed by atoms with E-state index in [4.69, 9.17) is 10.5 Å². The van der Waals surface area contributed by atoms with Crippen LogP contribution in [-0.4, -0.2) is 21.9 Å². The van der Waals surface area contributed by atoms with Gasteiger partial charge in [-0.3, -0.25) is 0 Å². The number of halogens is 1. The summed E-state index contributed by atoms with van der Waals surface area (Å²) in [7, 11) is 1.63. The Hall–Kier alpha value is -1.95. The van der Waals surface area contributed by atoms with E-state index in [1.165, 1.54) is 6.07 Å². The molecule has 0 fully saturated rings. The summed E-state index contributed by atoms with van der Waals surface area (Å²) in [5.74, 6) is 0.628. The molecule has 3 rings (SSSR count). The molecule has 1 aliphatic heterocycles. The zero-order valence-electron chi connectivity index (χ0n) is 10.6. The van der Waals surface area contributed by atoms with Crippen molar-refractivity contribution in [3.05, 3.63) is 41.5 Å². The third-order valence-corrected chi connectivity index (χ3v) is 3.51. The van der Waals surface area contributed by atoms with Crippen LogP contribution in [0.3, 0.4) is 0 Å². The molecule has 0 amide bonds. The molecule has 0 spiro atoms. The fourth-order valence-electron chi connectivity index (χ4n) is 2.62. The fourth-order valence-corrected chi connectivity index (χ4v) is 2.62. The van der Waals surface area contributed by atoms with Crippen LogP contribution in [0.5, 0.6) is 0 Å². The van der Waals surface area contributed by atoms with Crippen molar-refractivity contribution >= 4 is 5.95 Å². The molecule has 2 unspecified atom stereocenters. The smallest absolute Gasteiger partial charge is 0.239 e. The van der Waals surface area contributed by atoms with Crippen molar-refractivity contribution in [2.45, 2.75) is 25.0 Å². The summed E-state index contributed by atoms with van der Waals surface area (Å²) in [4.78, 5) is 4.19. The monoisotopic (exact) mass is 262 g/mol. The predicted octanol–water partition coefficient (Wildman–Crippen LogP) is 2.07. The zero-order chi connectivity index (χ0) is 13.4. The maximum absolute atomic E-state index is 13.9. The van der Waals surface area contributed by atoms with Crippen molar-refractivity contribution in [1.29, 1.82) is 0 Å². The van der Waals surface area contributed by atoms with Gasteiger partial charge in [-0.2, -0.15) is 4.98 Å². The summed E-state index contributed by atoms with van der Waals surface area (Å²) >= 11 is 0. The molecule has 1 aliphatic rings. The highest BCUT2D eigenvalue weighted by molar-refractivity contribution is 5.26. The van der Waals surface area contributed by atoms with Crippen molar-refractivity contribution in [2.75, 3.05) is 12.8 Å². The van der Waals surface area contributed by atoms with E-state index < -0.39 is 0 Å². The van der Waals surface area contributed by atoms with Crippen LogP contribution in [0.4, 0.5) is 10.3 Å². The van der Waals surface area contributed by atoms with Crippen LogP contribution in [0.1, 0.15) is 36.4 Å². The second-order valence-corrected chi connectivity index (χ2v) is 4.61. The highest BCUT2D eigenvalue weighted by Gasteiger charge is 2.32. The molecule has 2 N–H and O–H groups in total. The number of nitrogens with zero attached hydrogens (tertiary/aromatic N) is 3. The van der Waals surface area contributed by atoms with Gasteiger partial charge in [0.1, 0.15) is 11.9 Å². The summed E-state index contributed by atoms with van der Waals surface area (Å²) in [5, 5.41) is 4.18. The lowest BCUT2D eigenvalue weighted by molar-refractivity contribution is 0.0645. The highest BCUT2D eigenvalue weighted by atomic mass is 19.1. The van der Waals surface area contributed by atoms with Gasteiger partial charge in [0.25, 0.3) is 0 Å². The van der Waals surface area contributed by atoms with Crippen molar-refractivity contribution in [1.82, 2.24) is 14.8 Å². The lowest BCUT2D eigenvalue weighted by Gasteiger charge is -2.28. The highest BCUT2D eigenvalue weighted by Crippen LogP contribution is 2.37. The van der Waals surface area contributed by atoms with Crippen LogP contribution in [0.15, 0.2) is 24.3 Å². The molecule has 0 aliphatic carbocycles. The summed E-state index contributed by atoms with van der Waals surface area (Å²) in [5.41, 5.74) is 6.28. The molecule has 5 nitrogen and oxygen atoms in total. The normalized spacial score (nSPS) is 22.2. The number of nitrogen functional groups attached to an aromatic ring is 1. The summed E-state index contributed by atoms with van der Waals surface area (Å²) < 4.78 is 21.0. The number of hydrogen-bond donors (Lipinski definition) is 1. The number of nitrogens with two attached hydrogens (primary N) is 1. The number of anilines is 1. The second kappa shape index (κ2) is 4.62. The number of aromatic nitrogens is 3. The van der Waals surface area contributed by atoms with Crippen molar-refractivity contribution in [3.8, 4) is 0 Å². The molecule has 6 heteroatoms. The molecular formula is C13H15FN4O. The number of benzene rings is 1. The van der Waals surface area contributed by atoms with Gasteiger partial charge in [0, 0.05) is 12.7 Å². The van der Waals surface area contributed by atoms with Gasteiger partial charge in [0.05, 0.1) is 6.04 Å². The van der Waals surface area contributed by atoms with E-state index in [0.717, 1.165) is 12.8 Å². The lowest BCUT2D eigenvalue weighted by Crippen LogP contribution is -2.25. The Bertz CT molecular complexity index is 598. The van der Waals surface area contributed by atoms with Crippen molar-refractivity contribution in [3.63, 3.8) is 0 Å². The van der Waals surface area contributed by atoms with E-state index in [0.29, 0.717) is 11.4 Å². The molecule has 0 saturated heterocycles. The van der Waals surface area contributed by atoms with Crippen LogP contribution >= 0.6 is 0 Å². The first-order valence-corrected chi connectivity index (χ1v) is 6.20. The van der Waals surface area contributed by atoms with Crippen LogP contribution in [0, 0.1) is 5.82 Å². The average Bonchev–Trinajstić information content (AvgIpc) is 2.80. The van der Waals surface area contributed by atoms with Crippen LogP contribution < -0.4 is 5.73 Å².